The lowest BCUT2D eigenvalue weighted by Crippen LogP contribution is -1.87. The maximum absolute atomic E-state index is 10.6. The van der Waals surface area contributed by atoms with Crippen LogP contribution in [0.4, 0.5) is 0 Å². The summed E-state index contributed by atoms with van der Waals surface area (Å²) in [6, 6.07) is 11.1. The molecular weight excluding hydrogens is 176 g/mol. The summed E-state index contributed by atoms with van der Waals surface area (Å²) in [4.78, 5) is 10.6. The zero-order chi connectivity index (χ0) is 9.97. The molecule has 0 fully saturated rings. The molecule has 0 aliphatic rings. The van der Waals surface area contributed by atoms with Crippen molar-refractivity contribution in [3.63, 3.8) is 0 Å². The van der Waals surface area contributed by atoms with E-state index in [-0.39, 0.29) is 6.61 Å². The largest absolute Gasteiger partial charge is 0.392 e. The zero-order valence-corrected chi connectivity index (χ0v) is 7.60. The summed E-state index contributed by atoms with van der Waals surface area (Å²) in [6.07, 6.45) is 0.824. The van der Waals surface area contributed by atoms with Gasteiger partial charge >= 0.3 is 0 Å². The van der Waals surface area contributed by atoms with E-state index in [1.807, 2.05) is 30.3 Å². The monoisotopic (exact) mass is 186 g/mol. The van der Waals surface area contributed by atoms with E-state index in [1.54, 1.807) is 6.07 Å². The molecule has 0 aromatic heterocycles. The molecule has 1 N–H and O–H groups in total. The smallest absolute Gasteiger partial charge is 0.150 e. The van der Waals surface area contributed by atoms with Gasteiger partial charge in [0.25, 0.3) is 0 Å². The SMILES string of the molecule is O=Cc1ccc2c(CO)cccc2c1. The van der Waals surface area contributed by atoms with Crippen molar-refractivity contribution in [3.8, 4) is 0 Å². The van der Waals surface area contributed by atoms with Gasteiger partial charge in [0, 0.05) is 5.56 Å². The predicted molar refractivity (Wildman–Crippen MR) is 55.3 cm³/mol. The Bertz CT molecular complexity index is 475. The molecule has 2 aromatic rings. The number of rotatable bonds is 2. The minimum atomic E-state index is 0.0256. The maximum atomic E-state index is 10.6. The van der Waals surface area contributed by atoms with Gasteiger partial charge in [0.2, 0.25) is 0 Å². The highest BCUT2D eigenvalue weighted by atomic mass is 16.3. The zero-order valence-electron chi connectivity index (χ0n) is 7.60. The van der Waals surface area contributed by atoms with E-state index in [9.17, 15) is 4.79 Å². The summed E-state index contributed by atoms with van der Waals surface area (Å²) in [5.41, 5.74) is 1.55. The molecule has 14 heavy (non-hydrogen) atoms. The standard InChI is InChI=1S/C12H10O2/c13-7-9-4-5-12-10(6-9)2-1-3-11(12)8-14/h1-7,14H,8H2. The topological polar surface area (TPSA) is 37.3 Å². The van der Waals surface area contributed by atoms with E-state index in [0.29, 0.717) is 5.56 Å². The molecule has 0 unspecified atom stereocenters. The number of benzene rings is 2. The number of carbonyl (C=O) groups is 1. The minimum Gasteiger partial charge on any atom is -0.392 e. The predicted octanol–water partition coefficient (Wildman–Crippen LogP) is 2.14. The fourth-order valence-electron chi connectivity index (χ4n) is 1.58. The Morgan fingerprint density at radius 1 is 1.21 bits per heavy atom. The highest BCUT2D eigenvalue weighted by Gasteiger charge is 1.99. The first kappa shape index (κ1) is 8.91. The van der Waals surface area contributed by atoms with Gasteiger partial charge < -0.3 is 5.11 Å². The van der Waals surface area contributed by atoms with Crippen LogP contribution < -0.4 is 0 Å². The Balaban J connectivity index is 2.73. The van der Waals surface area contributed by atoms with Gasteiger partial charge in [-0.25, -0.2) is 0 Å². The second kappa shape index (κ2) is 3.60. The van der Waals surface area contributed by atoms with Gasteiger partial charge in [-0.1, -0.05) is 30.3 Å². The third-order valence-corrected chi connectivity index (χ3v) is 2.30. The lowest BCUT2D eigenvalue weighted by molar-refractivity contribution is 0.112. The Hall–Kier alpha value is -1.67. The summed E-state index contributed by atoms with van der Waals surface area (Å²) in [6.45, 7) is 0.0256. The molecular formula is C12H10O2. The summed E-state index contributed by atoms with van der Waals surface area (Å²) in [5, 5.41) is 11.1. The molecule has 0 amide bonds. The minimum absolute atomic E-state index is 0.0256. The van der Waals surface area contributed by atoms with Crippen molar-refractivity contribution in [3.05, 3.63) is 47.5 Å². The van der Waals surface area contributed by atoms with Crippen LogP contribution in [0, 0.1) is 0 Å². The van der Waals surface area contributed by atoms with Crippen LogP contribution in [0.5, 0.6) is 0 Å². The third-order valence-electron chi connectivity index (χ3n) is 2.30. The van der Waals surface area contributed by atoms with Crippen molar-refractivity contribution in [2.75, 3.05) is 0 Å². The summed E-state index contributed by atoms with van der Waals surface area (Å²) in [5.74, 6) is 0. The molecule has 2 rings (SSSR count). The van der Waals surface area contributed by atoms with Gasteiger partial charge in [0.15, 0.2) is 0 Å². The molecule has 0 heterocycles. The number of fused-ring (bicyclic) bond motifs is 1. The fourth-order valence-corrected chi connectivity index (χ4v) is 1.58. The van der Waals surface area contributed by atoms with Crippen LogP contribution in [0.2, 0.25) is 0 Å². The van der Waals surface area contributed by atoms with E-state index in [4.69, 9.17) is 5.11 Å². The van der Waals surface area contributed by atoms with Gasteiger partial charge in [-0.05, 0) is 22.4 Å². The molecule has 0 saturated heterocycles. The van der Waals surface area contributed by atoms with Crippen LogP contribution in [-0.2, 0) is 6.61 Å². The lowest BCUT2D eigenvalue weighted by atomic mass is 10.0. The Labute approximate surface area is 81.8 Å². The molecule has 2 heteroatoms. The molecule has 0 bridgehead atoms. The van der Waals surface area contributed by atoms with E-state index in [2.05, 4.69) is 0 Å². The molecule has 0 saturated carbocycles. The molecule has 0 spiro atoms. The second-order valence-corrected chi connectivity index (χ2v) is 3.17. The van der Waals surface area contributed by atoms with Crippen molar-refractivity contribution in [1.29, 1.82) is 0 Å². The van der Waals surface area contributed by atoms with Crippen LogP contribution in [-0.4, -0.2) is 11.4 Å². The fraction of sp³-hybridized carbons (Fsp3) is 0.0833. The molecule has 2 aromatic carbocycles. The van der Waals surface area contributed by atoms with Crippen molar-refractivity contribution < 1.29 is 9.90 Å². The molecule has 0 aliphatic carbocycles. The first-order chi connectivity index (χ1) is 6.85. The Kier molecular flexibility index (Phi) is 2.29. The highest BCUT2D eigenvalue weighted by molar-refractivity contribution is 5.90. The lowest BCUT2D eigenvalue weighted by Gasteiger charge is -2.03. The molecule has 70 valence electrons. The van der Waals surface area contributed by atoms with Crippen LogP contribution in [0.15, 0.2) is 36.4 Å². The van der Waals surface area contributed by atoms with E-state index >= 15 is 0 Å². The summed E-state index contributed by atoms with van der Waals surface area (Å²) < 4.78 is 0. The molecule has 0 atom stereocenters. The number of hydrogen-bond donors (Lipinski definition) is 1. The van der Waals surface area contributed by atoms with Crippen LogP contribution >= 0.6 is 0 Å². The average molecular weight is 186 g/mol. The van der Waals surface area contributed by atoms with Crippen LogP contribution in [0.1, 0.15) is 15.9 Å². The van der Waals surface area contributed by atoms with Gasteiger partial charge in [0.1, 0.15) is 6.29 Å². The Morgan fingerprint density at radius 2 is 2.07 bits per heavy atom. The van der Waals surface area contributed by atoms with Crippen LogP contribution in [0.25, 0.3) is 10.8 Å². The summed E-state index contributed by atoms with van der Waals surface area (Å²) >= 11 is 0. The van der Waals surface area contributed by atoms with E-state index in [1.165, 1.54) is 0 Å². The normalized spacial score (nSPS) is 10.4. The van der Waals surface area contributed by atoms with Crippen molar-refractivity contribution in [2.24, 2.45) is 0 Å². The van der Waals surface area contributed by atoms with Crippen molar-refractivity contribution >= 4 is 17.1 Å². The molecule has 0 aliphatic heterocycles. The maximum Gasteiger partial charge on any atom is 0.150 e. The highest BCUT2D eigenvalue weighted by Crippen LogP contribution is 2.19. The van der Waals surface area contributed by atoms with Crippen molar-refractivity contribution in [1.82, 2.24) is 0 Å². The number of aliphatic hydroxyl groups is 1. The van der Waals surface area contributed by atoms with Gasteiger partial charge in [-0.15, -0.1) is 0 Å². The van der Waals surface area contributed by atoms with E-state index in [0.717, 1.165) is 22.6 Å². The van der Waals surface area contributed by atoms with Crippen LogP contribution in [0.3, 0.4) is 0 Å². The van der Waals surface area contributed by atoms with Gasteiger partial charge in [-0.2, -0.15) is 0 Å². The van der Waals surface area contributed by atoms with Gasteiger partial charge in [0.05, 0.1) is 6.61 Å². The van der Waals surface area contributed by atoms with E-state index < -0.39 is 0 Å². The third kappa shape index (κ3) is 1.40. The summed E-state index contributed by atoms with van der Waals surface area (Å²) in [7, 11) is 0. The molecule has 0 radical (unpaired) electrons. The molecule has 2 nitrogen and oxygen atoms in total. The Morgan fingerprint density at radius 3 is 2.79 bits per heavy atom. The quantitative estimate of drug-likeness (QED) is 0.729. The average Bonchev–Trinajstić information content (AvgIpc) is 2.27. The second-order valence-electron chi connectivity index (χ2n) is 3.17. The number of carbonyl (C=O) groups excluding carboxylic acids is 1. The first-order valence-corrected chi connectivity index (χ1v) is 4.43. The number of hydrogen-bond acceptors (Lipinski definition) is 2. The van der Waals surface area contributed by atoms with Gasteiger partial charge in [-0.3, -0.25) is 4.79 Å². The number of aliphatic hydroxyl groups excluding tert-OH is 1. The number of aldehydes is 1. The first-order valence-electron chi connectivity index (χ1n) is 4.43. The van der Waals surface area contributed by atoms with Crippen molar-refractivity contribution in [2.45, 2.75) is 6.61 Å².